The summed E-state index contributed by atoms with van der Waals surface area (Å²) in [5.41, 5.74) is 2.98. The molecule has 0 amide bonds. The van der Waals surface area contributed by atoms with E-state index in [1.165, 1.54) is 6.26 Å². The van der Waals surface area contributed by atoms with Crippen molar-refractivity contribution in [2.45, 2.75) is 6.92 Å². The van der Waals surface area contributed by atoms with E-state index >= 15 is 0 Å². The van der Waals surface area contributed by atoms with Crippen LogP contribution in [0.3, 0.4) is 0 Å². The summed E-state index contributed by atoms with van der Waals surface area (Å²) in [7, 11) is 0. The molecule has 84 valence electrons. The first kappa shape index (κ1) is 10.3. The zero-order valence-corrected chi connectivity index (χ0v) is 8.71. The van der Waals surface area contributed by atoms with Crippen LogP contribution < -0.4 is 5.43 Å². The number of ether oxygens (including phenoxy) is 1. The molecule has 1 N–H and O–H groups in total. The second kappa shape index (κ2) is 4.52. The molecule has 0 spiro atoms. The number of nitrogens with one attached hydrogen (secondary N) is 1. The van der Waals surface area contributed by atoms with Gasteiger partial charge >= 0.3 is 12.0 Å². The first-order valence-electron chi connectivity index (χ1n) is 4.82. The summed E-state index contributed by atoms with van der Waals surface area (Å²) in [5.74, 6) is -0.494. The molecule has 6 nitrogen and oxygen atoms in total. The lowest BCUT2D eigenvalue weighted by Gasteiger charge is -2.00. The molecule has 2 heterocycles. The second-order valence-electron chi connectivity index (χ2n) is 2.96. The molecule has 2 aromatic rings. The molecule has 16 heavy (non-hydrogen) atoms. The topological polar surface area (TPSA) is 69.3 Å². The third-order valence-corrected chi connectivity index (χ3v) is 1.82. The quantitative estimate of drug-likeness (QED) is 0.793. The fourth-order valence-electron chi connectivity index (χ4n) is 1.14. The van der Waals surface area contributed by atoms with E-state index in [0.717, 1.165) is 0 Å². The summed E-state index contributed by atoms with van der Waals surface area (Å²) >= 11 is 0. The van der Waals surface area contributed by atoms with Crippen LogP contribution in [0.2, 0.25) is 0 Å². The Bertz CT molecular complexity index is 461. The number of hydrogen-bond acceptors (Lipinski definition) is 5. The summed E-state index contributed by atoms with van der Waals surface area (Å²) in [6.07, 6.45) is 4.83. The van der Waals surface area contributed by atoms with Crippen LogP contribution in [0.5, 0.6) is 0 Å². The standard InChI is InChI=1S/C10H11N3O3/c1-2-15-9(14)8-7-16-10(11-8)12-13-5-3-4-6-13/h3-7H,2H2,1H3,(H,11,12). The molecule has 0 aliphatic heterocycles. The highest BCUT2D eigenvalue weighted by atomic mass is 16.5. The zero-order chi connectivity index (χ0) is 11.4. The molecule has 0 saturated heterocycles. The van der Waals surface area contributed by atoms with Crippen LogP contribution in [-0.4, -0.2) is 22.2 Å². The second-order valence-corrected chi connectivity index (χ2v) is 2.96. The number of anilines is 1. The normalized spacial score (nSPS) is 10.1. The number of hydrogen-bond donors (Lipinski definition) is 1. The zero-order valence-electron chi connectivity index (χ0n) is 8.71. The lowest BCUT2D eigenvalue weighted by molar-refractivity contribution is 0.0519. The van der Waals surface area contributed by atoms with E-state index in [0.29, 0.717) is 6.61 Å². The van der Waals surface area contributed by atoms with Gasteiger partial charge < -0.3 is 9.15 Å². The van der Waals surface area contributed by atoms with Crippen molar-refractivity contribution in [3.05, 3.63) is 36.5 Å². The van der Waals surface area contributed by atoms with Crippen LogP contribution in [-0.2, 0) is 4.74 Å². The van der Waals surface area contributed by atoms with Gasteiger partial charge in [-0.05, 0) is 19.1 Å². The Morgan fingerprint density at radius 3 is 3.00 bits per heavy atom. The first-order valence-corrected chi connectivity index (χ1v) is 4.82. The minimum atomic E-state index is -0.494. The predicted molar refractivity (Wildman–Crippen MR) is 55.9 cm³/mol. The molecular weight excluding hydrogens is 210 g/mol. The smallest absolute Gasteiger partial charge is 0.360 e. The number of aromatic nitrogens is 2. The van der Waals surface area contributed by atoms with Crippen LogP contribution in [0.15, 0.2) is 35.2 Å². The van der Waals surface area contributed by atoms with Crippen molar-refractivity contribution >= 4 is 12.0 Å². The third kappa shape index (κ3) is 2.22. The van der Waals surface area contributed by atoms with E-state index < -0.39 is 5.97 Å². The Morgan fingerprint density at radius 1 is 1.56 bits per heavy atom. The van der Waals surface area contributed by atoms with Crippen LogP contribution in [0.4, 0.5) is 6.01 Å². The summed E-state index contributed by atoms with van der Waals surface area (Å²) in [5, 5.41) is 0. The molecule has 0 fully saturated rings. The monoisotopic (exact) mass is 221 g/mol. The predicted octanol–water partition coefficient (Wildman–Crippen LogP) is 1.53. The van der Waals surface area contributed by atoms with Gasteiger partial charge in [0.05, 0.1) is 6.61 Å². The molecule has 0 saturated carbocycles. The maximum Gasteiger partial charge on any atom is 0.360 e. The molecule has 0 radical (unpaired) electrons. The van der Waals surface area contributed by atoms with E-state index in [4.69, 9.17) is 9.15 Å². The Balaban J connectivity index is 2.05. The maximum atomic E-state index is 11.3. The SMILES string of the molecule is CCOC(=O)c1coc(Nn2cccc2)n1. The fourth-order valence-corrected chi connectivity index (χ4v) is 1.14. The van der Waals surface area contributed by atoms with E-state index in [-0.39, 0.29) is 11.7 Å². The average molecular weight is 221 g/mol. The number of carbonyl (C=O) groups excluding carboxylic acids is 1. The van der Waals surface area contributed by atoms with E-state index in [9.17, 15) is 4.79 Å². The number of carbonyl (C=O) groups is 1. The van der Waals surface area contributed by atoms with E-state index in [2.05, 4.69) is 10.4 Å². The number of esters is 1. The molecule has 0 bridgehead atoms. The largest absolute Gasteiger partial charge is 0.461 e. The van der Waals surface area contributed by atoms with Gasteiger partial charge in [-0.1, -0.05) is 0 Å². The molecule has 0 aliphatic rings. The van der Waals surface area contributed by atoms with Crippen molar-refractivity contribution in [1.82, 2.24) is 9.66 Å². The van der Waals surface area contributed by atoms with Crippen LogP contribution in [0, 0.1) is 0 Å². The van der Waals surface area contributed by atoms with Crippen LogP contribution in [0.1, 0.15) is 17.4 Å². The van der Waals surface area contributed by atoms with Crippen molar-refractivity contribution in [1.29, 1.82) is 0 Å². The summed E-state index contributed by atoms with van der Waals surface area (Å²) in [6.45, 7) is 2.04. The number of rotatable bonds is 4. The summed E-state index contributed by atoms with van der Waals surface area (Å²) in [4.78, 5) is 15.2. The summed E-state index contributed by atoms with van der Waals surface area (Å²) < 4.78 is 11.5. The maximum absolute atomic E-state index is 11.3. The Kier molecular flexibility index (Phi) is 2.90. The molecule has 0 unspecified atom stereocenters. The van der Waals surface area contributed by atoms with Gasteiger partial charge in [0.15, 0.2) is 5.69 Å². The Morgan fingerprint density at radius 2 is 2.31 bits per heavy atom. The van der Waals surface area contributed by atoms with Gasteiger partial charge in [0, 0.05) is 12.4 Å². The lowest BCUT2D eigenvalue weighted by atomic mass is 10.5. The number of nitrogens with zero attached hydrogens (tertiary/aromatic N) is 2. The lowest BCUT2D eigenvalue weighted by Crippen LogP contribution is -2.08. The van der Waals surface area contributed by atoms with Crippen molar-refractivity contribution < 1.29 is 13.9 Å². The van der Waals surface area contributed by atoms with Crippen molar-refractivity contribution in [3.63, 3.8) is 0 Å². The van der Waals surface area contributed by atoms with Gasteiger partial charge in [-0.25, -0.2) is 10.2 Å². The van der Waals surface area contributed by atoms with E-state index in [1.807, 2.05) is 12.1 Å². The minimum absolute atomic E-state index is 0.150. The highest BCUT2D eigenvalue weighted by Crippen LogP contribution is 2.08. The molecule has 6 heteroatoms. The highest BCUT2D eigenvalue weighted by Gasteiger charge is 2.12. The minimum Gasteiger partial charge on any atom is -0.461 e. The molecular formula is C10H11N3O3. The molecule has 2 aromatic heterocycles. The number of oxazole rings is 1. The first-order chi connectivity index (χ1) is 7.79. The third-order valence-electron chi connectivity index (χ3n) is 1.82. The van der Waals surface area contributed by atoms with Crippen LogP contribution >= 0.6 is 0 Å². The van der Waals surface area contributed by atoms with Gasteiger partial charge in [-0.15, -0.1) is 0 Å². The van der Waals surface area contributed by atoms with Gasteiger partial charge in [0.2, 0.25) is 0 Å². The van der Waals surface area contributed by atoms with Crippen molar-refractivity contribution in [2.24, 2.45) is 0 Å². The highest BCUT2D eigenvalue weighted by molar-refractivity contribution is 5.87. The van der Waals surface area contributed by atoms with Crippen molar-refractivity contribution in [2.75, 3.05) is 12.0 Å². The fraction of sp³-hybridized carbons (Fsp3) is 0.200. The molecule has 0 aromatic carbocycles. The molecule has 0 atom stereocenters. The summed E-state index contributed by atoms with van der Waals surface area (Å²) in [6, 6.07) is 3.93. The van der Waals surface area contributed by atoms with E-state index in [1.54, 1.807) is 24.0 Å². The van der Waals surface area contributed by atoms with Crippen LogP contribution in [0.25, 0.3) is 0 Å². The Hall–Kier alpha value is -2.24. The van der Waals surface area contributed by atoms with Gasteiger partial charge in [-0.3, -0.25) is 4.68 Å². The molecule has 2 rings (SSSR count). The van der Waals surface area contributed by atoms with Crippen molar-refractivity contribution in [3.8, 4) is 0 Å². The van der Waals surface area contributed by atoms with Gasteiger partial charge in [0.25, 0.3) is 0 Å². The average Bonchev–Trinajstić information content (AvgIpc) is 2.90. The van der Waals surface area contributed by atoms with Gasteiger partial charge in [0.1, 0.15) is 6.26 Å². The molecule has 0 aliphatic carbocycles. The Labute approximate surface area is 91.8 Å². The van der Waals surface area contributed by atoms with Gasteiger partial charge in [-0.2, -0.15) is 4.98 Å².